The molecule has 0 radical (unpaired) electrons. The molecule has 5 heteroatoms. The molecule has 1 atom stereocenters. The molecule has 1 heterocycles. The van der Waals surface area contributed by atoms with Crippen molar-refractivity contribution >= 4 is 17.6 Å². The van der Waals surface area contributed by atoms with Crippen LogP contribution in [0.4, 0.5) is 5.69 Å². The molecule has 0 saturated carbocycles. The lowest BCUT2D eigenvalue weighted by atomic mass is 10.1. The molecule has 1 amide bonds. The number of para-hydroxylation sites is 2. The van der Waals surface area contributed by atoms with Crippen LogP contribution in [0.1, 0.15) is 20.3 Å². The number of nitrogens with zero attached hydrogens (tertiary/aromatic N) is 1. The van der Waals surface area contributed by atoms with Crippen LogP contribution in [0.2, 0.25) is 0 Å². The predicted octanol–water partition coefficient (Wildman–Crippen LogP) is 1.75. The van der Waals surface area contributed by atoms with Crippen LogP contribution >= 0.6 is 0 Å². The van der Waals surface area contributed by atoms with Gasteiger partial charge in [-0.1, -0.05) is 19.1 Å². The highest BCUT2D eigenvalue weighted by Crippen LogP contribution is 2.34. The van der Waals surface area contributed by atoms with E-state index in [0.29, 0.717) is 24.5 Å². The van der Waals surface area contributed by atoms with Gasteiger partial charge in [0.15, 0.2) is 6.10 Å². The standard InChI is InChI=1S/C14H17NO4/c1-3-11-14(17)15(9-13(16)18-4-2)10-7-5-6-8-12(10)19-11/h5-8,11H,3-4,9H2,1-2H3/t11-/m1/s1. The van der Waals surface area contributed by atoms with Gasteiger partial charge < -0.3 is 9.47 Å². The van der Waals surface area contributed by atoms with Gasteiger partial charge in [-0.05, 0) is 25.5 Å². The second-order valence-electron chi connectivity index (χ2n) is 4.21. The van der Waals surface area contributed by atoms with Gasteiger partial charge in [-0.2, -0.15) is 0 Å². The number of hydrogen-bond donors (Lipinski definition) is 0. The van der Waals surface area contributed by atoms with E-state index >= 15 is 0 Å². The van der Waals surface area contributed by atoms with E-state index in [1.807, 2.05) is 13.0 Å². The molecule has 0 unspecified atom stereocenters. The zero-order valence-electron chi connectivity index (χ0n) is 11.1. The first kappa shape index (κ1) is 13.4. The third-order valence-corrected chi connectivity index (χ3v) is 2.93. The number of anilines is 1. The molecule has 0 N–H and O–H groups in total. The Morgan fingerprint density at radius 2 is 2.11 bits per heavy atom. The van der Waals surface area contributed by atoms with E-state index < -0.39 is 12.1 Å². The molecule has 1 aromatic rings. The molecule has 1 aromatic carbocycles. The Hall–Kier alpha value is -2.04. The van der Waals surface area contributed by atoms with E-state index in [-0.39, 0.29) is 12.5 Å². The summed E-state index contributed by atoms with van der Waals surface area (Å²) in [7, 11) is 0. The summed E-state index contributed by atoms with van der Waals surface area (Å²) in [6, 6.07) is 7.20. The summed E-state index contributed by atoms with van der Waals surface area (Å²) in [4.78, 5) is 25.3. The molecule has 0 aliphatic carbocycles. The summed E-state index contributed by atoms with van der Waals surface area (Å²) in [5.41, 5.74) is 0.616. The minimum Gasteiger partial charge on any atom is -0.478 e. The molecular weight excluding hydrogens is 246 g/mol. The first-order chi connectivity index (χ1) is 9.17. The second kappa shape index (κ2) is 5.73. The van der Waals surface area contributed by atoms with Crippen LogP contribution in [0.25, 0.3) is 0 Å². The van der Waals surface area contributed by atoms with Gasteiger partial charge in [0.05, 0.1) is 12.3 Å². The Bertz CT molecular complexity index is 486. The van der Waals surface area contributed by atoms with Gasteiger partial charge in [0.2, 0.25) is 0 Å². The van der Waals surface area contributed by atoms with E-state index in [1.54, 1.807) is 25.1 Å². The van der Waals surface area contributed by atoms with Crippen LogP contribution in [-0.2, 0) is 14.3 Å². The topological polar surface area (TPSA) is 55.8 Å². The lowest BCUT2D eigenvalue weighted by Crippen LogP contribution is -2.48. The van der Waals surface area contributed by atoms with Gasteiger partial charge in [0.1, 0.15) is 12.3 Å². The Balaban J connectivity index is 2.28. The predicted molar refractivity (Wildman–Crippen MR) is 70.1 cm³/mol. The fourth-order valence-corrected chi connectivity index (χ4v) is 2.03. The fourth-order valence-electron chi connectivity index (χ4n) is 2.03. The molecule has 0 saturated heterocycles. The second-order valence-corrected chi connectivity index (χ2v) is 4.21. The maximum atomic E-state index is 12.3. The summed E-state index contributed by atoms with van der Waals surface area (Å²) in [6.07, 6.45) is 0.0243. The van der Waals surface area contributed by atoms with Crippen LogP contribution in [-0.4, -0.2) is 31.1 Å². The SMILES string of the molecule is CCOC(=O)CN1C(=O)[C@@H](CC)Oc2ccccc21. The van der Waals surface area contributed by atoms with Gasteiger partial charge in [0.25, 0.3) is 5.91 Å². The van der Waals surface area contributed by atoms with Crippen molar-refractivity contribution in [3.05, 3.63) is 24.3 Å². The lowest BCUT2D eigenvalue weighted by molar-refractivity contribution is -0.143. The Morgan fingerprint density at radius 1 is 1.37 bits per heavy atom. The molecule has 2 rings (SSSR count). The number of hydrogen-bond acceptors (Lipinski definition) is 4. The van der Waals surface area contributed by atoms with Crippen molar-refractivity contribution in [2.45, 2.75) is 26.4 Å². The normalized spacial score (nSPS) is 17.7. The van der Waals surface area contributed by atoms with Crippen molar-refractivity contribution < 1.29 is 19.1 Å². The van der Waals surface area contributed by atoms with E-state index in [2.05, 4.69) is 0 Å². The number of rotatable bonds is 4. The van der Waals surface area contributed by atoms with Crippen LogP contribution in [0.15, 0.2) is 24.3 Å². The molecule has 0 bridgehead atoms. The maximum absolute atomic E-state index is 12.3. The molecule has 1 aliphatic heterocycles. The highest BCUT2D eigenvalue weighted by atomic mass is 16.5. The number of benzene rings is 1. The highest BCUT2D eigenvalue weighted by molar-refractivity contribution is 6.03. The lowest BCUT2D eigenvalue weighted by Gasteiger charge is -2.33. The molecule has 0 fully saturated rings. The van der Waals surface area contributed by atoms with E-state index in [0.717, 1.165) is 0 Å². The minimum atomic E-state index is -0.538. The summed E-state index contributed by atoms with van der Waals surface area (Å²) >= 11 is 0. The van der Waals surface area contributed by atoms with Gasteiger partial charge in [-0.3, -0.25) is 14.5 Å². The average molecular weight is 263 g/mol. The average Bonchev–Trinajstić information content (AvgIpc) is 2.42. The molecule has 0 aromatic heterocycles. The van der Waals surface area contributed by atoms with Crippen molar-refractivity contribution in [1.82, 2.24) is 0 Å². The molecule has 5 nitrogen and oxygen atoms in total. The number of carbonyl (C=O) groups is 2. The van der Waals surface area contributed by atoms with Gasteiger partial charge >= 0.3 is 5.97 Å². The van der Waals surface area contributed by atoms with Crippen LogP contribution in [0, 0.1) is 0 Å². The smallest absolute Gasteiger partial charge is 0.326 e. The Morgan fingerprint density at radius 3 is 2.79 bits per heavy atom. The van der Waals surface area contributed by atoms with Crippen molar-refractivity contribution in [2.75, 3.05) is 18.1 Å². The van der Waals surface area contributed by atoms with Gasteiger partial charge in [-0.25, -0.2) is 0 Å². The quantitative estimate of drug-likeness (QED) is 0.777. The molecule has 102 valence electrons. The fraction of sp³-hybridized carbons (Fsp3) is 0.429. The Labute approximate surface area is 112 Å². The summed E-state index contributed by atoms with van der Waals surface area (Å²) in [6.45, 7) is 3.83. The van der Waals surface area contributed by atoms with Crippen molar-refractivity contribution in [1.29, 1.82) is 0 Å². The number of fused-ring (bicyclic) bond motifs is 1. The van der Waals surface area contributed by atoms with E-state index in [1.165, 1.54) is 4.90 Å². The third-order valence-electron chi connectivity index (χ3n) is 2.93. The largest absolute Gasteiger partial charge is 0.478 e. The monoisotopic (exact) mass is 263 g/mol. The summed E-state index contributed by atoms with van der Waals surface area (Å²) in [5, 5.41) is 0. The third kappa shape index (κ3) is 2.70. The molecule has 1 aliphatic rings. The highest BCUT2D eigenvalue weighted by Gasteiger charge is 2.34. The van der Waals surface area contributed by atoms with Crippen molar-refractivity contribution in [2.24, 2.45) is 0 Å². The number of ether oxygens (including phenoxy) is 2. The minimum absolute atomic E-state index is 0.0798. The number of esters is 1. The molecular formula is C14H17NO4. The van der Waals surface area contributed by atoms with Crippen molar-refractivity contribution in [3.63, 3.8) is 0 Å². The summed E-state index contributed by atoms with van der Waals surface area (Å²) in [5.74, 6) is 0.00917. The molecule has 19 heavy (non-hydrogen) atoms. The van der Waals surface area contributed by atoms with E-state index in [4.69, 9.17) is 9.47 Å². The van der Waals surface area contributed by atoms with E-state index in [9.17, 15) is 9.59 Å². The molecule has 0 spiro atoms. The van der Waals surface area contributed by atoms with Crippen LogP contribution in [0.5, 0.6) is 5.75 Å². The maximum Gasteiger partial charge on any atom is 0.326 e. The summed E-state index contributed by atoms with van der Waals surface area (Å²) < 4.78 is 10.5. The zero-order chi connectivity index (χ0) is 13.8. The van der Waals surface area contributed by atoms with Gasteiger partial charge in [-0.15, -0.1) is 0 Å². The first-order valence-corrected chi connectivity index (χ1v) is 6.40. The van der Waals surface area contributed by atoms with Crippen LogP contribution < -0.4 is 9.64 Å². The number of amides is 1. The van der Waals surface area contributed by atoms with Crippen LogP contribution in [0.3, 0.4) is 0 Å². The zero-order valence-corrected chi connectivity index (χ0v) is 11.1. The van der Waals surface area contributed by atoms with Crippen molar-refractivity contribution in [3.8, 4) is 5.75 Å². The Kier molecular flexibility index (Phi) is 4.04. The first-order valence-electron chi connectivity index (χ1n) is 6.40. The van der Waals surface area contributed by atoms with Gasteiger partial charge in [0, 0.05) is 0 Å². The number of carbonyl (C=O) groups excluding carboxylic acids is 2.